The van der Waals surface area contributed by atoms with Gasteiger partial charge in [-0.15, -0.1) is 5.92 Å². The number of aryl methyl sites for hydroxylation is 1. The smallest absolute Gasteiger partial charge is 0.259 e. The van der Waals surface area contributed by atoms with Gasteiger partial charge in [-0.05, 0) is 31.5 Å². The van der Waals surface area contributed by atoms with Crippen LogP contribution in [0.1, 0.15) is 42.1 Å². The largest absolute Gasteiger partial charge is 0.489 e. The van der Waals surface area contributed by atoms with Gasteiger partial charge < -0.3 is 15.8 Å². The van der Waals surface area contributed by atoms with E-state index in [4.69, 9.17) is 10.5 Å². The number of pyridine rings is 1. The quantitative estimate of drug-likeness (QED) is 0.454. The Morgan fingerprint density at radius 2 is 2.04 bits per heavy atom. The topological polar surface area (TPSA) is 77.2 Å². The molecule has 142 valence electrons. The number of nitrogens with one attached hydrogen (secondary N) is 1. The van der Waals surface area contributed by atoms with Crippen LogP contribution in [0.2, 0.25) is 0 Å². The fourth-order valence-electron chi connectivity index (χ4n) is 2.21. The van der Waals surface area contributed by atoms with E-state index < -0.39 is 17.7 Å². The molecule has 7 heteroatoms. The molecule has 0 aliphatic carbocycles. The van der Waals surface area contributed by atoms with Crippen LogP contribution in [-0.2, 0) is 0 Å². The van der Waals surface area contributed by atoms with Crippen molar-refractivity contribution in [3.05, 3.63) is 47.2 Å². The van der Waals surface area contributed by atoms with Crippen LogP contribution in [0.15, 0.2) is 24.3 Å². The highest BCUT2D eigenvalue weighted by atomic mass is 19.1. The number of hydrogen-bond donors (Lipinski definition) is 2. The number of anilines is 2. The molecular formula is C20H21F2N3O2. The predicted molar refractivity (Wildman–Crippen MR) is 100 cm³/mol. The van der Waals surface area contributed by atoms with Gasteiger partial charge in [0.05, 0.1) is 17.9 Å². The molecule has 2 rings (SSSR count). The van der Waals surface area contributed by atoms with Gasteiger partial charge in [0.25, 0.3) is 5.91 Å². The molecule has 0 fully saturated rings. The molecule has 1 aromatic carbocycles. The first-order chi connectivity index (χ1) is 12.9. The van der Waals surface area contributed by atoms with E-state index in [1.165, 1.54) is 25.1 Å². The number of ether oxygens (including phenoxy) is 1. The van der Waals surface area contributed by atoms with Gasteiger partial charge >= 0.3 is 0 Å². The summed E-state index contributed by atoms with van der Waals surface area (Å²) in [6.07, 6.45) is 2.28. The summed E-state index contributed by atoms with van der Waals surface area (Å²) >= 11 is 0. The second kappa shape index (κ2) is 9.53. The van der Waals surface area contributed by atoms with Gasteiger partial charge in [-0.25, -0.2) is 9.37 Å². The van der Waals surface area contributed by atoms with Crippen molar-refractivity contribution in [3.63, 3.8) is 0 Å². The summed E-state index contributed by atoms with van der Waals surface area (Å²) in [5, 5.41) is 2.41. The van der Waals surface area contributed by atoms with Gasteiger partial charge in [-0.2, -0.15) is 4.39 Å². The van der Waals surface area contributed by atoms with Crippen LogP contribution in [0, 0.1) is 30.5 Å². The number of aromatic nitrogens is 1. The maximum atomic E-state index is 14.5. The van der Waals surface area contributed by atoms with Crippen molar-refractivity contribution < 1.29 is 18.3 Å². The lowest BCUT2D eigenvalue weighted by Crippen LogP contribution is -2.17. The van der Waals surface area contributed by atoms with Crippen LogP contribution in [0.4, 0.5) is 20.3 Å². The standard InChI is InChI=1S/C20H21F2N3O2/c1-3-4-5-6-7-11-27-16-10-8-9-15(17(16)21)24-20(26)14-12-13(2)18(22)25-19(14)23/h8-10,12H,3-4,7,11H2,1-2H3,(H2,23,25)(H,24,26). The van der Waals surface area contributed by atoms with Crippen molar-refractivity contribution in [1.82, 2.24) is 4.98 Å². The minimum absolute atomic E-state index is 0.00600. The third kappa shape index (κ3) is 5.42. The SMILES string of the molecule is CCCC#CCCOc1cccc(NC(=O)c2cc(C)c(F)nc2N)c1F. The Morgan fingerprint density at radius 1 is 1.30 bits per heavy atom. The van der Waals surface area contributed by atoms with Crippen molar-refractivity contribution in [2.45, 2.75) is 33.1 Å². The zero-order valence-electron chi connectivity index (χ0n) is 15.2. The fraction of sp³-hybridized carbons (Fsp3) is 0.300. The molecule has 3 N–H and O–H groups in total. The second-order valence-corrected chi connectivity index (χ2v) is 5.80. The van der Waals surface area contributed by atoms with Crippen LogP contribution in [0.5, 0.6) is 5.75 Å². The molecule has 0 aliphatic heterocycles. The monoisotopic (exact) mass is 373 g/mol. The third-order valence-corrected chi connectivity index (χ3v) is 3.62. The number of carbonyl (C=O) groups is 1. The maximum Gasteiger partial charge on any atom is 0.259 e. The van der Waals surface area contributed by atoms with Crippen molar-refractivity contribution in [2.24, 2.45) is 0 Å². The van der Waals surface area contributed by atoms with Crippen molar-refractivity contribution >= 4 is 17.4 Å². The number of hydrogen-bond acceptors (Lipinski definition) is 4. The van der Waals surface area contributed by atoms with Gasteiger partial charge in [-0.1, -0.05) is 18.9 Å². The molecule has 0 atom stereocenters. The number of nitrogen functional groups attached to an aromatic ring is 1. The number of benzene rings is 1. The Kier molecular flexibility index (Phi) is 7.12. The first kappa shape index (κ1) is 20.2. The summed E-state index contributed by atoms with van der Waals surface area (Å²) in [7, 11) is 0. The number of halogens is 2. The van der Waals surface area contributed by atoms with E-state index in [0.717, 1.165) is 12.8 Å². The van der Waals surface area contributed by atoms with E-state index in [1.54, 1.807) is 6.07 Å². The molecule has 0 unspecified atom stereocenters. The number of carbonyl (C=O) groups excluding carboxylic acids is 1. The lowest BCUT2D eigenvalue weighted by molar-refractivity contribution is 0.102. The lowest BCUT2D eigenvalue weighted by atomic mass is 10.1. The summed E-state index contributed by atoms with van der Waals surface area (Å²) in [6, 6.07) is 5.66. The van der Waals surface area contributed by atoms with Gasteiger partial charge in [0.2, 0.25) is 5.95 Å². The van der Waals surface area contributed by atoms with E-state index in [9.17, 15) is 13.6 Å². The highest BCUT2D eigenvalue weighted by Gasteiger charge is 2.17. The van der Waals surface area contributed by atoms with Gasteiger partial charge in [-0.3, -0.25) is 4.79 Å². The molecule has 0 radical (unpaired) electrons. The molecular weight excluding hydrogens is 352 g/mol. The highest BCUT2D eigenvalue weighted by molar-refractivity contribution is 6.07. The van der Waals surface area contributed by atoms with Crippen LogP contribution < -0.4 is 15.8 Å². The van der Waals surface area contributed by atoms with Gasteiger partial charge in [0.15, 0.2) is 11.6 Å². The number of rotatable bonds is 6. The lowest BCUT2D eigenvalue weighted by Gasteiger charge is -2.11. The third-order valence-electron chi connectivity index (χ3n) is 3.62. The molecule has 0 aliphatic rings. The van der Waals surface area contributed by atoms with E-state index in [0.29, 0.717) is 6.42 Å². The Morgan fingerprint density at radius 3 is 2.78 bits per heavy atom. The first-order valence-corrected chi connectivity index (χ1v) is 8.55. The molecule has 0 saturated heterocycles. The molecule has 0 spiro atoms. The molecule has 0 saturated carbocycles. The molecule has 5 nitrogen and oxygen atoms in total. The van der Waals surface area contributed by atoms with E-state index in [-0.39, 0.29) is 35.0 Å². The second-order valence-electron chi connectivity index (χ2n) is 5.80. The van der Waals surface area contributed by atoms with E-state index >= 15 is 0 Å². The van der Waals surface area contributed by atoms with Crippen LogP contribution in [0.25, 0.3) is 0 Å². The Hall–Kier alpha value is -3.14. The molecule has 0 bridgehead atoms. The zero-order valence-corrected chi connectivity index (χ0v) is 15.2. The fourth-order valence-corrected chi connectivity index (χ4v) is 2.21. The normalized spacial score (nSPS) is 10.1. The van der Waals surface area contributed by atoms with E-state index in [1.807, 2.05) is 6.92 Å². The van der Waals surface area contributed by atoms with Crippen molar-refractivity contribution in [1.29, 1.82) is 0 Å². The summed E-state index contributed by atoms with van der Waals surface area (Å²) in [5.41, 5.74) is 5.64. The van der Waals surface area contributed by atoms with Crippen LogP contribution in [0.3, 0.4) is 0 Å². The Labute approximate surface area is 156 Å². The number of unbranched alkanes of at least 4 members (excludes halogenated alkanes) is 1. The molecule has 1 heterocycles. The summed E-state index contributed by atoms with van der Waals surface area (Å²) in [4.78, 5) is 15.8. The summed E-state index contributed by atoms with van der Waals surface area (Å²) in [6.45, 7) is 3.73. The summed E-state index contributed by atoms with van der Waals surface area (Å²) < 4.78 is 33.3. The van der Waals surface area contributed by atoms with Crippen LogP contribution >= 0.6 is 0 Å². The van der Waals surface area contributed by atoms with Gasteiger partial charge in [0, 0.05) is 18.4 Å². The zero-order chi connectivity index (χ0) is 19.8. The minimum Gasteiger partial charge on any atom is -0.489 e. The number of nitrogens with two attached hydrogens (primary N) is 1. The first-order valence-electron chi connectivity index (χ1n) is 8.55. The molecule has 2 aromatic rings. The Bertz CT molecular complexity index is 889. The minimum atomic E-state index is -0.757. The van der Waals surface area contributed by atoms with Crippen molar-refractivity contribution in [3.8, 4) is 17.6 Å². The van der Waals surface area contributed by atoms with Gasteiger partial charge in [0.1, 0.15) is 5.82 Å². The van der Waals surface area contributed by atoms with Crippen LogP contribution in [-0.4, -0.2) is 17.5 Å². The average molecular weight is 373 g/mol. The summed E-state index contributed by atoms with van der Waals surface area (Å²) in [5.74, 6) is 3.50. The Balaban J connectivity index is 2.08. The molecule has 1 amide bonds. The molecule has 1 aromatic heterocycles. The number of amides is 1. The highest BCUT2D eigenvalue weighted by Crippen LogP contribution is 2.25. The average Bonchev–Trinajstić information content (AvgIpc) is 2.63. The number of nitrogens with zero attached hydrogens (tertiary/aromatic N) is 1. The van der Waals surface area contributed by atoms with Crippen molar-refractivity contribution in [2.75, 3.05) is 17.7 Å². The van der Waals surface area contributed by atoms with E-state index in [2.05, 4.69) is 22.1 Å². The molecule has 27 heavy (non-hydrogen) atoms. The predicted octanol–water partition coefficient (Wildman–Crippen LogP) is 4.08. The maximum absolute atomic E-state index is 14.5.